The van der Waals surface area contributed by atoms with Gasteiger partial charge in [0.2, 0.25) is 5.91 Å². The fourth-order valence-corrected chi connectivity index (χ4v) is 1.54. The topological polar surface area (TPSA) is 72.1 Å². The summed E-state index contributed by atoms with van der Waals surface area (Å²) in [5, 5.41) is 0.415. The van der Waals surface area contributed by atoms with Gasteiger partial charge in [0.1, 0.15) is 16.8 Å². The first kappa shape index (κ1) is 12.7. The molecule has 0 saturated heterocycles. The van der Waals surface area contributed by atoms with Gasteiger partial charge in [-0.3, -0.25) is 4.79 Å². The summed E-state index contributed by atoms with van der Waals surface area (Å²) in [6, 6.07) is 0. The van der Waals surface area contributed by atoms with E-state index in [1.165, 1.54) is 0 Å². The first-order valence-electron chi connectivity index (χ1n) is 4.98. The minimum Gasteiger partial charge on any atom is -0.368 e. The molecule has 0 atom stereocenters. The van der Waals surface area contributed by atoms with Gasteiger partial charge in [-0.05, 0) is 6.92 Å². The van der Waals surface area contributed by atoms with E-state index < -0.39 is 5.91 Å². The molecule has 1 aromatic rings. The number of likely N-dealkylation sites (N-methyl/N-ethyl adjacent to an activating group) is 1. The van der Waals surface area contributed by atoms with Crippen molar-refractivity contribution < 1.29 is 4.79 Å². The molecule has 1 amide bonds. The van der Waals surface area contributed by atoms with E-state index in [-0.39, 0.29) is 6.54 Å². The number of hydrogen-bond donors (Lipinski definition) is 1. The molecule has 16 heavy (non-hydrogen) atoms. The number of carbonyl (C=O) groups excluding carboxylic acids is 1. The lowest BCUT2D eigenvalue weighted by Gasteiger charge is -2.19. The van der Waals surface area contributed by atoms with Crippen molar-refractivity contribution >= 4 is 23.3 Å². The van der Waals surface area contributed by atoms with E-state index in [1.807, 2.05) is 13.8 Å². The lowest BCUT2D eigenvalue weighted by Crippen LogP contribution is -2.31. The second-order valence-electron chi connectivity index (χ2n) is 3.56. The second-order valence-corrected chi connectivity index (χ2v) is 3.91. The van der Waals surface area contributed by atoms with E-state index in [1.54, 1.807) is 11.9 Å². The van der Waals surface area contributed by atoms with Crippen LogP contribution in [-0.2, 0) is 11.2 Å². The number of aryl methyl sites for hydroxylation is 1. The van der Waals surface area contributed by atoms with Crippen molar-refractivity contribution in [2.75, 3.05) is 18.5 Å². The number of nitrogens with zero attached hydrogens (tertiary/aromatic N) is 3. The third-order valence-corrected chi connectivity index (χ3v) is 2.55. The van der Waals surface area contributed by atoms with Gasteiger partial charge >= 0.3 is 0 Å². The standard InChI is InChI=1S/C10H15ClN4O/c1-4-8-13-9(11)6(2)10(14-8)15(3)5-7(12)16/h4-5H2,1-3H3,(H2,12,16). The molecular weight excluding hydrogens is 228 g/mol. The first-order chi connectivity index (χ1) is 7.45. The predicted molar refractivity (Wildman–Crippen MR) is 63.6 cm³/mol. The van der Waals surface area contributed by atoms with E-state index >= 15 is 0 Å². The molecule has 0 fully saturated rings. The summed E-state index contributed by atoms with van der Waals surface area (Å²) in [6.45, 7) is 3.87. The van der Waals surface area contributed by atoms with Crippen LogP contribution < -0.4 is 10.6 Å². The van der Waals surface area contributed by atoms with Crippen LogP contribution in [0.3, 0.4) is 0 Å². The average Bonchev–Trinajstić information content (AvgIpc) is 2.20. The number of primary amides is 1. The van der Waals surface area contributed by atoms with Crippen molar-refractivity contribution in [1.29, 1.82) is 0 Å². The molecule has 1 heterocycles. The number of rotatable bonds is 4. The van der Waals surface area contributed by atoms with Crippen molar-refractivity contribution in [2.45, 2.75) is 20.3 Å². The highest BCUT2D eigenvalue weighted by molar-refractivity contribution is 6.30. The highest BCUT2D eigenvalue weighted by Crippen LogP contribution is 2.22. The second kappa shape index (κ2) is 5.12. The van der Waals surface area contributed by atoms with Gasteiger partial charge in [-0.15, -0.1) is 0 Å². The average molecular weight is 243 g/mol. The van der Waals surface area contributed by atoms with Gasteiger partial charge in [0.25, 0.3) is 0 Å². The van der Waals surface area contributed by atoms with Crippen molar-refractivity contribution in [3.05, 3.63) is 16.5 Å². The molecule has 0 aliphatic rings. The Bertz CT molecular complexity index is 408. The number of nitrogens with two attached hydrogens (primary N) is 1. The fourth-order valence-electron chi connectivity index (χ4n) is 1.36. The number of aromatic nitrogens is 2. The number of halogens is 1. The third kappa shape index (κ3) is 2.82. The maximum absolute atomic E-state index is 10.8. The first-order valence-corrected chi connectivity index (χ1v) is 5.36. The monoisotopic (exact) mass is 242 g/mol. The largest absolute Gasteiger partial charge is 0.368 e. The van der Waals surface area contributed by atoms with Crippen LogP contribution in [0.5, 0.6) is 0 Å². The van der Waals surface area contributed by atoms with Gasteiger partial charge < -0.3 is 10.6 Å². The lowest BCUT2D eigenvalue weighted by molar-refractivity contribution is -0.116. The van der Waals surface area contributed by atoms with E-state index in [9.17, 15) is 4.79 Å². The van der Waals surface area contributed by atoms with Crippen molar-refractivity contribution in [3.63, 3.8) is 0 Å². The molecule has 0 aliphatic carbocycles. The Morgan fingerprint density at radius 2 is 2.12 bits per heavy atom. The summed E-state index contributed by atoms with van der Waals surface area (Å²) in [6.07, 6.45) is 0.692. The van der Waals surface area contributed by atoms with Crippen LogP contribution in [0.2, 0.25) is 5.15 Å². The molecule has 0 unspecified atom stereocenters. The van der Waals surface area contributed by atoms with Crippen LogP contribution in [0, 0.1) is 6.92 Å². The molecule has 5 nitrogen and oxygen atoms in total. The Kier molecular flexibility index (Phi) is 4.06. The number of anilines is 1. The van der Waals surface area contributed by atoms with Gasteiger partial charge in [0.15, 0.2) is 0 Å². The highest BCUT2D eigenvalue weighted by Gasteiger charge is 2.13. The summed E-state index contributed by atoms with van der Waals surface area (Å²) in [5.74, 6) is 0.896. The Morgan fingerprint density at radius 1 is 1.50 bits per heavy atom. The quantitative estimate of drug-likeness (QED) is 0.797. The SMILES string of the molecule is CCc1nc(Cl)c(C)c(N(C)CC(N)=O)n1. The van der Waals surface area contributed by atoms with Gasteiger partial charge in [-0.25, -0.2) is 9.97 Å². The molecule has 1 aromatic heterocycles. The van der Waals surface area contributed by atoms with Gasteiger partial charge in [-0.2, -0.15) is 0 Å². The zero-order valence-electron chi connectivity index (χ0n) is 9.62. The molecule has 6 heteroatoms. The lowest BCUT2D eigenvalue weighted by atomic mass is 10.3. The molecular formula is C10H15ClN4O. The Hall–Kier alpha value is -1.36. The maximum atomic E-state index is 10.8. The molecule has 2 N–H and O–H groups in total. The zero-order chi connectivity index (χ0) is 12.3. The van der Waals surface area contributed by atoms with Gasteiger partial charge in [-0.1, -0.05) is 18.5 Å². The number of hydrogen-bond acceptors (Lipinski definition) is 4. The zero-order valence-corrected chi connectivity index (χ0v) is 10.4. The van der Waals surface area contributed by atoms with E-state index in [4.69, 9.17) is 17.3 Å². The normalized spacial score (nSPS) is 10.2. The van der Waals surface area contributed by atoms with Crippen LogP contribution >= 0.6 is 11.6 Å². The van der Waals surface area contributed by atoms with E-state index in [2.05, 4.69) is 9.97 Å². The van der Waals surface area contributed by atoms with Crippen molar-refractivity contribution in [1.82, 2.24) is 9.97 Å². The van der Waals surface area contributed by atoms with E-state index in [0.29, 0.717) is 23.2 Å². The molecule has 0 saturated carbocycles. The molecule has 0 aromatic carbocycles. The Morgan fingerprint density at radius 3 is 2.62 bits per heavy atom. The molecule has 0 aliphatic heterocycles. The summed E-state index contributed by atoms with van der Waals surface area (Å²) in [7, 11) is 1.75. The summed E-state index contributed by atoms with van der Waals surface area (Å²) in [4.78, 5) is 21.0. The molecule has 1 rings (SSSR count). The number of carbonyl (C=O) groups is 1. The Balaban J connectivity index is 3.10. The van der Waals surface area contributed by atoms with E-state index in [0.717, 1.165) is 5.56 Å². The van der Waals surface area contributed by atoms with Crippen LogP contribution in [0.25, 0.3) is 0 Å². The summed E-state index contributed by atoms with van der Waals surface area (Å²) >= 11 is 5.98. The highest BCUT2D eigenvalue weighted by atomic mass is 35.5. The van der Waals surface area contributed by atoms with Crippen LogP contribution in [0.15, 0.2) is 0 Å². The minimum atomic E-state index is -0.408. The molecule has 88 valence electrons. The predicted octanol–water partition coefficient (Wildman–Crippen LogP) is 0.922. The number of amides is 1. The van der Waals surface area contributed by atoms with Gasteiger partial charge in [0.05, 0.1) is 6.54 Å². The van der Waals surface area contributed by atoms with Gasteiger partial charge in [0, 0.05) is 19.0 Å². The summed E-state index contributed by atoms with van der Waals surface area (Å²) in [5.41, 5.74) is 5.88. The smallest absolute Gasteiger partial charge is 0.236 e. The van der Waals surface area contributed by atoms with Crippen molar-refractivity contribution in [3.8, 4) is 0 Å². The molecule has 0 bridgehead atoms. The minimum absolute atomic E-state index is 0.108. The fraction of sp³-hybridized carbons (Fsp3) is 0.500. The van der Waals surface area contributed by atoms with Crippen LogP contribution in [-0.4, -0.2) is 29.5 Å². The third-order valence-electron chi connectivity index (χ3n) is 2.18. The van der Waals surface area contributed by atoms with Crippen LogP contribution in [0.4, 0.5) is 5.82 Å². The molecule has 0 radical (unpaired) electrons. The Labute approximate surface area is 99.6 Å². The van der Waals surface area contributed by atoms with Crippen molar-refractivity contribution in [2.24, 2.45) is 5.73 Å². The summed E-state index contributed by atoms with van der Waals surface area (Å²) < 4.78 is 0. The maximum Gasteiger partial charge on any atom is 0.236 e. The van der Waals surface area contributed by atoms with Crippen LogP contribution in [0.1, 0.15) is 18.3 Å². The molecule has 0 spiro atoms.